The summed E-state index contributed by atoms with van der Waals surface area (Å²) in [7, 11) is -1.31. The van der Waals surface area contributed by atoms with Crippen LogP contribution in [0.5, 0.6) is 11.5 Å². The molecule has 2 amide bonds. The fraction of sp³-hybridized carbons (Fsp3) is 0.375. The number of methoxy groups -OCH3 is 2. The van der Waals surface area contributed by atoms with Crippen LogP contribution in [-0.2, 0) is 26.2 Å². The molecule has 0 saturated carbocycles. The molecule has 0 unspecified atom stereocenters. The molecule has 0 bridgehead atoms. The van der Waals surface area contributed by atoms with E-state index in [-0.39, 0.29) is 34.8 Å². The minimum Gasteiger partial charge on any atom is -0.497 e. The summed E-state index contributed by atoms with van der Waals surface area (Å²) in [5.74, 6) is -0.0224. The lowest BCUT2D eigenvalue weighted by Gasteiger charge is -2.34. The Kier molecular flexibility index (Phi) is 11.4. The zero-order chi connectivity index (χ0) is 30.9. The molecular formula is C32H41N3O6S. The van der Waals surface area contributed by atoms with E-state index >= 15 is 0 Å². The molecule has 0 radical (unpaired) electrons. The number of sulfonamides is 1. The number of carbonyl (C=O) groups excluding carboxylic acids is 2. The molecule has 0 aromatic heterocycles. The maximum atomic E-state index is 14.2. The van der Waals surface area contributed by atoms with E-state index in [1.165, 1.54) is 31.3 Å². The zero-order valence-corrected chi connectivity index (χ0v) is 26.0. The standard InChI is InChI=1S/C32H41N3O6S/c1-7-24(4)33-32(37)28(8-2)34(21-25-13-11-12-23(3)20-25)31(36)22-35(29-14-9-10-15-30(29)41-6)42(38,39)27-18-16-26(40-5)17-19-27/h9-20,24,28H,7-8,21-22H2,1-6H3,(H,33,37)/t24-,28-/m0/s1. The summed E-state index contributed by atoms with van der Waals surface area (Å²) in [5.41, 5.74) is 2.05. The molecule has 3 rings (SSSR count). The molecule has 0 aliphatic carbocycles. The SMILES string of the molecule is CC[C@H](C)NC(=O)[C@H](CC)N(Cc1cccc(C)c1)C(=O)CN(c1ccccc1OC)S(=O)(=O)c1ccc(OC)cc1. The van der Waals surface area contributed by atoms with Crippen LogP contribution in [0.15, 0.2) is 77.7 Å². The maximum absolute atomic E-state index is 14.2. The van der Waals surface area contributed by atoms with Crippen LogP contribution < -0.4 is 19.1 Å². The van der Waals surface area contributed by atoms with Crippen LogP contribution >= 0.6 is 0 Å². The zero-order valence-electron chi connectivity index (χ0n) is 25.2. The topological polar surface area (TPSA) is 105 Å². The first-order chi connectivity index (χ1) is 20.0. The molecule has 226 valence electrons. The van der Waals surface area contributed by atoms with E-state index in [0.29, 0.717) is 12.2 Å². The van der Waals surface area contributed by atoms with Crippen LogP contribution in [0.4, 0.5) is 5.69 Å². The molecule has 3 aromatic carbocycles. The Balaban J connectivity index is 2.10. The lowest BCUT2D eigenvalue weighted by Crippen LogP contribution is -2.53. The fourth-order valence-corrected chi connectivity index (χ4v) is 6.02. The van der Waals surface area contributed by atoms with E-state index in [1.54, 1.807) is 36.4 Å². The summed E-state index contributed by atoms with van der Waals surface area (Å²) < 4.78 is 39.9. The third-order valence-corrected chi connectivity index (χ3v) is 8.88. The predicted molar refractivity (Wildman–Crippen MR) is 164 cm³/mol. The number of ether oxygens (including phenoxy) is 2. The van der Waals surface area contributed by atoms with E-state index in [4.69, 9.17) is 9.47 Å². The molecule has 0 aliphatic rings. The van der Waals surface area contributed by atoms with Crippen molar-refractivity contribution in [2.75, 3.05) is 25.1 Å². The van der Waals surface area contributed by atoms with Crippen molar-refractivity contribution in [1.82, 2.24) is 10.2 Å². The Morgan fingerprint density at radius 1 is 0.905 bits per heavy atom. The molecule has 0 fully saturated rings. The fourth-order valence-electron chi connectivity index (χ4n) is 4.59. The number of anilines is 1. The van der Waals surface area contributed by atoms with E-state index in [0.717, 1.165) is 21.9 Å². The van der Waals surface area contributed by atoms with Crippen LogP contribution in [0.1, 0.15) is 44.7 Å². The Morgan fingerprint density at radius 2 is 1.60 bits per heavy atom. The van der Waals surface area contributed by atoms with Gasteiger partial charge in [0, 0.05) is 12.6 Å². The number of benzene rings is 3. The highest BCUT2D eigenvalue weighted by Gasteiger charge is 2.35. The number of nitrogens with one attached hydrogen (secondary N) is 1. The van der Waals surface area contributed by atoms with Crippen molar-refractivity contribution in [3.05, 3.63) is 83.9 Å². The molecule has 0 spiro atoms. The number of hydrogen-bond acceptors (Lipinski definition) is 6. The molecule has 9 nitrogen and oxygen atoms in total. The summed E-state index contributed by atoms with van der Waals surface area (Å²) in [6.07, 6.45) is 1.08. The summed E-state index contributed by atoms with van der Waals surface area (Å²) in [6, 6.07) is 19.4. The second-order valence-electron chi connectivity index (χ2n) is 10.1. The van der Waals surface area contributed by atoms with Gasteiger partial charge in [-0.15, -0.1) is 0 Å². The van der Waals surface area contributed by atoms with Crippen molar-refractivity contribution in [2.24, 2.45) is 0 Å². The second kappa shape index (κ2) is 14.7. The first kappa shape index (κ1) is 32.5. The summed E-state index contributed by atoms with van der Waals surface area (Å²) >= 11 is 0. The minimum absolute atomic E-state index is 0.0196. The number of rotatable bonds is 14. The average molecular weight is 596 g/mol. The van der Waals surface area contributed by atoms with Crippen molar-refractivity contribution < 1.29 is 27.5 Å². The average Bonchev–Trinajstić information content (AvgIpc) is 2.99. The van der Waals surface area contributed by atoms with Gasteiger partial charge in [0.05, 0.1) is 24.8 Å². The molecule has 0 saturated heterocycles. The van der Waals surface area contributed by atoms with Crippen molar-refractivity contribution >= 4 is 27.5 Å². The molecule has 42 heavy (non-hydrogen) atoms. The van der Waals surface area contributed by atoms with Crippen molar-refractivity contribution in [3.8, 4) is 11.5 Å². The van der Waals surface area contributed by atoms with Crippen LogP contribution in [0.2, 0.25) is 0 Å². The van der Waals surface area contributed by atoms with Gasteiger partial charge in [0.15, 0.2) is 0 Å². The normalized spacial score (nSPS) is 12.6. The monoisotopic (exact) mass is 595 g/mol. The predicted octanol–water partition coefficient (Wildman–Crippen LogP) is 4.93. The van der Waals surface area contributed by atoms with Crippen LogP contribution in [0.25, 0.3) is 0 Å². The summed E-state index contributed by atoms with van der Waals surface area (Å²) in [6.45, 7) is 7.25. The van der Waals surface area contributed by atoms with E-state index < -0.39 is 28.5 Å². The molecule has 2 atom stereocenters. The number of amides is 2. The third kappa shape index (κ3) is 7.82. The van der Waals surface area contributed by atoms with Gasteiger partial charge in [-0.05, 0) is 68.7 Å². The van der Waals surface area contributed by atoms with Gasteiger partial charge in [0.25, 0.3) is 10.0 Å². The minimum atomic E-state index is -4.25. The maximum Gasteiger partial charge on any atom is 0.264 e. The Bertz CT molecular complexity index is 1460. The summed E-state index contributed by atoms with van der Waals surface area (Å²) in [5, 5.41) is 2.99. The van der Waals surface area contributed by atoms with E-state index in [9.17, 15) is 18.0 Å². The van der Waals surface area contributed by atoms with Gasteiger partial charge in [0.2, 0.25) is 11.8 Å². The molecule has 1 N–H and O–H groups in total. The highest BCUT2D eigenvalue weighted by atomic mass is 32.2. The molecule has 10 heteroatoms. The van der Waals surface area contributed by atoms with Crippen LogP contribution in [0, 0.1) is 6.92 Å². The Hall–Kier alpha value is -4.05. The first-order valence-corrected chi connectivity index (χ1v) is 15.4. The van der Waals surface area contributed by atoms with Gasteiger partial charge < -0.3 is 19.7 Å². The number of hydrogen-bond donors (Lipinski definition) is 1. The summed E-state index contributed by atoms with van der Waals surface area (Å²) in [4.78, 5) is 29.1. The van der Waals surface area contributed by atoms with Gasteiger partial charge in [0.1, 0.15) is 24.1 Å². The number of nitrogens with zero attached hydrogens (tertiary/aromatic N) is 2. The van der Waals surface area contributed by atoms with E-state index in [1.807, 2.05) is 52.0 Å². The van der Waals surface area contributed by atoms with Crippen molar-refractivity contribution in [2.45, 2.75) is 64.1 Å². The van der Waals surface area contributed by atoms with Crippen LogP contribution in [-0.4, -0.2) is 58.0 Å². The van der Waals surface area contributed by atoms with Gasteiger partial charge >= 0.3 is 0 Å². The molecule has 3 aromatic rings. The Labute approximate surface area is 249 Å². The molecular weight excluding hydrogens is 554 g/mol. The van der Waals surface area contributed by atoms with Gasteiger partial charge in [-0.2, -0.15) is 0 Å². The number of para-hydroxylation sites is 2. The largest absolute Gasteiger partial charge is 0.497 e. The third-order valence-electron chi connectivity index (χ3n) is 7.10. The Morgan fingerprint density at radius 3 is 2.19 bits per heavy atom. The molecule has 0 heterocycles. The van der Waals surface area contributed by atoms with E-state index in [2.05, 4.69) is 5.32 Å². The van der Waals surface area contributed by atoms with Crippen molar-refractivity contribution in [1.29, 1.82) is 0 Å². The molecule has 0 aliphatic heterocycles. The highest BCUT2D eigenvalue weighted by Crippen LogP contribution is 2.33. The smallest absolute Gasteiger partial charge is 0.264 e. The number of aryl methyl sites for hydroxylation is 1. The van der Waals surface area contributed by atoms with Gasteiger partial charge in [-0.25, -0.2) is 8.42 Å². The second-order valence-corrected chi connectivity index (χ2v) is 12.0. The lowest BCUT2D eigenvalue weighted by atomic mass is 10.1. The highest BCUT2D eigenvalue weighted by molar-refractivity contribution is 7.92. The first-order valence-electron chi connectivity index (χ1n) is 14.0. The lowest BCUT2D eigenvalue weighted by molar-refractivity contribution is -0.140. The van der Waals surface area contributed by atoms with Gasteiger partial charge in [-0.1, -0.05) is 55.8 Å². The number of carbonyl (C=O) groups is 2. The van der Waals surface area contributed by atoms with Gasteiger partial charge in [-0.3, -0.25) is 13.9 Å². The van der Waals surface area contributed by atoms with Crippen molar-refractivity contribution in [3.63, 3.8) is 0 Å². The van der Waals surface area contributed by atoms with Crippen LogP contribution in [0.3, 0.4) is 0 Å². The quantitative estimate of drug-likeness (QED) is 0.283.